The Bertz CT molecular complexity index is 777. The second-order valence-corrected chi connectivity index (χ2v) is 5.23. The van der Waals surface area contributed by atoms with Crippen LogP contribution in [0.2, 0.25) is 5.02 Å². The number of carbonyl (C=O) groups excluding carboxylic acids is 2. The minimum absolute atomic E-state index is 0.263. The predicted octanol–water partition coefficient (Wildman–Crippen LogP) is 2.94. The monoisotopic (exact) mass is 364 g/mol. The van der Waals surface area contributed by atoms with E-state index in [2.05, 4.69) is 10.6 Å². The van der Waals surface area contributed by atoms with Crippen LogP contribution in [0.1, 0.15) is 0 Å². The van der Waals surface area contributed by atoms with Crippen molar-refractivity contribution in [1.82, 2.24) is 0 Å². The van der Waals surface area contributed by atoms with Crippen molar-refractivity contribution in [3.05, 3.63) is 41.4 Å². The minimum Gasteiger partial charge on any atom is -0.497 e. The van der Waals surface area contributed by atoms with Gasteiger partial charge in [-0.2, -0.15) is 0 Å². The Kier molecular flexibility index (Phi) is 6.08. The molecule has 2 aromatic carbocycles. The highest BCUT2D eigenvalue weighted by Gasteiger charge is 2.18. The highest BCUT2D eigenvalue weighted by atomic mass is 35.5. The van der Waals surface area contributed by atoms with Crippen LogP contribution in [0.25, 0.3) is 0 Å². The van der Waals surface area contributed by atoms with E-state index in [1.54, 1.807) is 24.3 Å². The normalized spacial score (nSPS) is 9.92. The third kappa shape index (κ3) is 4.54. The Hall–Kier alpha value is -2.93. The van der Waals surface area contributed by atoms with Gasteiger partial charge in [0, 0.05) is 17.8 Å². The van der Waals surface area contributed by atoms with Crippen molar-refractivity contribution in [2.24, 2.45) is 0 Å². The number of halogens is 1. The number of ether oxygens (including phenoxy) is 3. The average Bonchev–Trinajstić information content (AvgIpc) is 2.63. The number of amides is 2. The van der Waals surface area contributed by atoms with Crippen molar-refractivity contribution < 1.29 is 23.8 Å². The van der Waals surface area contributed by atoms with Gasteiger partial charge in [0.25, 0.3) is 0 Å². The van der Waals surface area contributed by atoms with Gasteiger partial charge in [-0.15, -0.1) is 0 Å². The molecule has 0 aliphatic rings. The summed E-state index contributed by atoms with van der Waals surface area (Å²) in [6.07, 6.45) is 0. The standard InChI is InChI=1S/C17H17ClN2O5/c1-23-11-6-4-10(5-7-11)19-16(21)17(22)20-13-9-14(24-2)12(18)8-15(13)25-3/h4-9H,1-3H3,(H,19,21)(H,20,22). The van der Waals surface area contributed by atoms with Crippen molar-refractivity contribution >= 4 is 34.8 Å². The van der Waals surface area contributed by atoms with Crippen LogP contribution in [-0.4, -0.2) is 33.1 Å². The third-order valence-corrected chi connectivity index (χ3v) is 3.57. The lowest BCUT2D eigenvalue weighted by atomic mass is 10.2. The number of anilines is 2. The zero-order chi connectivity index (χ0) is 18.4. The fourth-order valence-electron chi connectivity index (χ4n) is 2.00. The summed E-state index contributed by atoms with van der Waals surface area (Å²) < 4.78 is 15.3. The largest absolute Gasteiger partial charge is 0.497 e. The Morgan fingerprint density at radius 3 is 2.00 bits per heavy atom. The first-order valence-electron chi connectivity index (χ1n) is 7.16. The summed E-state index contributed by atoms with van der Waals surface area (Å²) in [5.41, 5.74) is 0.722. The van der Waals surface area contributed by atoms with Crippen molar-refractivity contribution in [3.8, 4) is 17.2 Å². The van der Waals surface area contributed by atoms with E-state index in [1.807, 2.05) is 0 Å². The summed E-state index contributed by atoms with van der Waals surface area (Å²) in [4.78, 5) is 24.2. The second kappa shape index (κ2) is 8.25. The molecule has 0 atom stereocenters. The zero-order valence-electron chi connectivity index (χ0n) is 13.9. The molecule has 7 nitrogen and oxygen atoms in total. The first kappa shape index (κ1) is 18.4. The van der Waals surface area contributed by atoms with Crippen molar-refractivity contribution in [2.75, 3.05) is 32.0 Å². The molecule has 25 heavy (non-hydrogen) atoms. The molecule has 2 N–H and O–H groups in total. The van der Waals surface area contributed by atoms with Crippen molar-refractivity contribution in [3.63, 3.8) is 0 Å². The van der Waals surface area contributed by atoms with Crippen LogP contribution in [0.3, 0.4) is 0 Å². The molecule has 2 amide bonds. The van der Waals surface area contributed by atoms with Gasteiger partial charge in [0.05, 0.1) is 32.0 Å². The van der Waals surface area contributed by atoms with Gasteiger partial charge in [-0.05, 0) is 24.3 Å². The molecule has 0 radical (unpaired) electrons. The summed E-state index contributed by atoms with van der Waals surface area (Å²) in [5, 5.41) is 5.27. The van der Waals surface area contributed by atoms with E-state index in [-0.39, 0.29) is 5.69 Å². The van der Waals surface area contributed by atoms with Crippen LogP contribution in [0, 0.1) is 0 Å². The van der Waals surface area contributed by atoms with Gasteiger partial charge in [0.1, 0.15) is 17.2 Å². The highest BCUT2D eigenvalue weighted by molar-refractivity contribution is 6.44. The molecular formula is C17H17ClN2O5. The van der Waals surface area contributed by atoms with Gasteiger partial charge < -0.3 is 24.8 Å². The Morgan fingerprint density at radius 2 is 1.44 bits per heavy atom. The zero-order valence-corrected chi connectivity index (χ0v) is 14.6. The lowest BCUT2D eigenvalue weighted by Crippen LogP contribution is -2.29. The van der Waals surface area contributed by atoms with Crippen LogP contribution < -0.4 is 24.8 Å². The fourth-order valence-corrected chi connectivity index (χ4v) is 2.23. The van der Waals surface area contributed by atoms with Crippen LogP contribution in [-0.2, 0) is 9.59 Å². The molecule has 0 aliphatic carbocycles. The molecule has 2 aromatic rings. The van der Waals surface area contributed by atoms with E-state index < -0.39 is 11.8 Å². The minimum atomic E-state index is -0.863. The molecular weight excluding hydrogens is 348 g/mol. The van der Waals surface area contributed by atoms with Gasteiger partial charge in [-0.1, -0.05) is 11.6 Å². The number of nitrogens with one attached hydrogen (secondary N) is 2. The number of hydrogen-bond donors (Lipinski definition) is 2. The number of hydrogen-bond acceptors (Lipinski definition) is 5. The lowest BCUT2D eigenvalue weighted by Gasteiger charge is -2.13. The molecule has 0 aromatic heterocycles. The van der Waals surface area contributed by atoms with Crippen LogP contribution in [0.5, 0.6) is 17.2 Å². The Morgan fingerprint density at radius 1 is 0.840 bits per heavy atom. The molecule has 0 unspecified atom stereocenters. The number of methoxy groups -OCH3 is 3. The number of benzene rings is 2. The van der Waals surface area contributed by atoms with E-state index >= 15 is 0 Å². The van der Waals surface area contributed by atoms with E-state index in [1.165, 1.54) is 33.5 Å². The van der Waals surface area contributed by atoms with Gasteiger partial charge >= 0.3 is 11.8 Å². The second-order valence-electron chi connectivity index (χ2n) is 4.82. The first-order chi connectivity index (χ1) is 12.0. The van der Waals surface area contributed by atoms with Gasteiger partial charge in [-0.3, -0.25) is 9.59 Å². The predicted molar refractivity (Wildman–Crippen MR) is 94.8 cm³/mol. The first-order valence-corrected chi connectivity index (χ1v) is 7.54. The summed E-state index contributed by atoms with van der Waals surface area (Å²) >= 11 is 6.00. The Labute approximate surface area is 149 Å². The lowest BCUT2D eigenvalue weighted by molar-refractivity contribution is -0.133. The Balaban J connectivity index is 2.11. The van der Waals surface area contributed by atoms with E-state index in [0.29, 0.717) is 28.0 Å². The molecule has 132 valence electrons. The molecule has 0 aliphatic heterocycles. The maximum absolute atomic E-state index is 12.1. The molecule has 8 heteroatoms. The SMILES string of the molecule is COc1ccc(NC(=O)C(=O)Nc2cc(OC)c(Cl)cc2OC)cc1. The van der Waals surface area contributed by atoms with E-state index in [4.69, 9.17) is 25.8 Å². The molecule has 0 saturated heterocycles. The number of carbonyl (C=O) groups is 2. The molecule has 2 rings (SSSR count). The third-order valence-electron chi connectivity index (χ3n) is 3.28. The van der Waals surface area contributed by atoms with Crippen LogP contribution in [0.15, 0.2) is 36.4 Å². The summed E-state index contributed by atoms with van der Waals surface area (Å²) in [7, 11) is 4.40. The molecule has 0 heterocycles. The van der Waals surface area contributed by atoms with Gasteiger partial charge in [0.15, 0.2) is 0 Å². The van der Waals surface area contributed by atoms with Crippen molar-refractivity contribution in [2.45, 2.75) is 0 Å². The highest BCUT2D eigenvalue weighted by Crippen LogP contribution is 2.35. The quantitative estimate of drug-likeness (QED) is 0.797. The maximum Gasteiger partial charge on any atom is 0.314 e. The molecule has 0 bridgehead atoms. The smallest absolute Gasteiger partial charge is 0.314 e. The molecule has 0 spiro atoms. The number of rotatable bonds is 5. The van der Waals surface area contributed by atoms with Crippen LogP contribution >= 0.6 is 11.6 Å². The fraction of sp³-hybridized carbons (Fsp3) is 0.176. The van der Waals surface area contributed by atoms with Gasteiger partial charge in [-0.25, -0.2) is 0 Å². The maximum atomic E-state index is 12.1. The van der Waals surface area contributed by atoms with Crippen LogP contribution in [0.4, 0.5) is 11.4 Å². The van der Waals surface area contributed by atoms with E-state index in [9.17, 15) is 9.59 Å². The average molecular weight is 365 g/mol. The summed E-state index contributed by atoms with van der Waals surface area (Å²) in [6.45, 7) is 0. The van der Waals surface area contributed by atoms with Crippen molar-refractivity contribution in [1.29, 1.82) is 0 Å². The summed E-state index contributed by atoms with van der Waals surface area (Å²) in [6, 6.07) is 9.53. The molecule has 0 saturated carbocycles. The molecule has 0 fully saturated rings. The topological polar surface area (TPSA) is 85.9 Å². The van der Waals surface area contributed by atoms with E-state index in [0.717, 1.165) is 0 Å². The van der Waals surface area contributed by atoms with Gasteiger partial charge in [0.2, 0.25) is 0 Å². The summed E-state index contributed by atoms with van der Waals surface area (Å²) in [5.74, 6) is -0.412.